The van der Waals surface area contributed by atoms with Crippen molar-refractivity contribution in [2.75, 3.05) is 5.32 Å². The molecule has 2 aromatic rings. The van der Waals surface area contributed by atoms with Crippen LogP contribution in [0.1, 0.15) is 39.0 Å². The molecule has 4 N–H and O–H groups in total. The highest BCUT2D eigenvalue weighted by atomic mass is 35.5. The van der Waals surface area contributed by atoms with Crippen LogP contribution >= 0.6 is 23.2 Å². The molecule has 160 valence electrons. The standard InChI is InChI=1S/C18H16Cl2F3N5O2/c1-4-12(9(3)19)28-13(7-14(27-28)18(21,22)23)17(30)25-15-8(2)5-10(20)6-11(15)16(29)26-24/h4-7H,3,24H2,1-2H3,(H,25,30)(H,26,29)/b12-4+. The van der Waals surface area contributed by atoms with Gasteiger partial charge in [0.15, 0.2) is 5.69 Å². The number of aromatic nitrogens is 2. The molecule has 0 saturated carbocycles. The zero-order valence-electron chi connectivity index (χ0n) is 15.7. The number of nitrogens with zero attached hydrogens (tertiary/aromatic N) is 2. The Bertz CT molecular complexity index is 1060. The van der Waals surface area contributed by atoms with Gasteiger partial charge in [-0.15, -0.1) is 0 Å². The highest BCUT2D eigenvalue weighted by molar-refractivity contribution is 6.35. The van der Waals surface area contributed by atoms with Crippen LogP contribution in [0.25, 0.3) is 5.70 Å². The van der Waals surface area contributed by atoms with E-state index in [1.165, 1.54) is 25.1 Å². The van der Waals surface area contributed by atoms with Gasteiger partial charge in [0.25, 0.3) is 11.8 Å². The van der Waals surface area contributed by atoms with Gasteiger partial charge in [0.05, 0.1) is 22.0 Å². The predicted octanol–water partition coefficient (Wildman–Crippen LogP) is 4.33. The number of carbonyl (C=O) groups excluding carboxylic acids is 2. The lowest BCUT2D eigenvalue weighted by molar-refractivity contribution is -0.141. The van der Waals surface area contributed by atoms with Gasteiger partial charge in [-0.2, -0.15) is 18.3 Å². The summed E-state index contributed by atoms with van der Waals surface area (Å²) >= 11 is 11.8. The molecule has 1 aromatic carbocycles. The maximum atomic E-state index is 13.2. The fourth-order valence-corrected chi connectivity index (χ4v) is 3.06. The number of rotatable bonds is 5. The third-order valence-corrected chi connectivity index (χ3v) is 4.34. The Labute approximate surface area is 179 Å². The first-order chi connectivity index (χ1) is 13.9. The van der Waals surface area contributed by atoms with E-state index in [-0.39, 0.29) is 27.0 Å². The molecule has 0 radical (unpaired) electrons. The van der Waals surface area contributed by atoms with Crippen LogP contribution in [-0.2, 0) is 6.18 Å². The lowest BCUT2D eigenvalue weighted by Crippen LogP contribution is -2.31. The number of carbonyl (C=O) groups is 2. The van der Waals surface area contributed by atoms with Crippen molar-refractivity contribution in [3.63, 3.8) is 0 Å². The molecule has 0 bridgehead atoms. The van der Waals surface area contributed by atoms with Crippen LogP contribution in [0.2, 0.25) is 5.02 Å². The zero-order valence-corrected chi connectivity index (χ0v) is 17.2. The van der Waals surface area contributed by atoms with Crippen LogP contribution in [0.5, 0.6) is 0 Å². The van der Waals surface area contributed by atoms with Gasteiger partial charge in [-0.25, -0.2) is 10.5 Å². The Hall–Kier alpha value is -2.82. The summed E-state index contributed by atoms with van der Waals surface area (Å²) < 4.78 is 40.3. The molecule has 0 atom stereocenters. The minimum absolute atomic E-state index is 0.0142. The number of nitrogens with two attached hydrogens (primary N) is 1. The van der Waals surface area contributed by atoms with E-state index in [1.54, 1.807) is 6.92 Å². The summed E-state index contributed by atoms with van der Waals surface area (Å²) in [6, 6.07) is 3.27. The molecule has 2 amide bonds. The first-order valence-corrected chi connectivity index (χ1v) is 8.97. The maximum Gasteiger partial charge on any atom is 0.435 e. The minimum atomic E-state index is -4.81. The Morgan fingerprint density at radius 3 is 2.40 bits per heavy atom. The largest absolute Gasteiger partial charge is 0.435 e. The van der Waals surface area contributed by atoms with Gasteiger partial charge < -0.3 is 5.32 Å². The molecule has 0 fully saturated rings. The molecule has 7 nitrogen and oxygen atoms in total. The third-order valence-electron chi connectivity index (χ3n) is 3.93. The minimum Gasteiger partial charge on any atom is -0.320 e. The number of hydrazine groups is 1. The van der Waals surface area contributed by atoms with Gasteiger partial charge in [0.1, 0.15) is 5.69 Å². The molecular weight excluding hydrogens is 446 g/mol. The zero-order chi connectivity index (χ0) is 22.8. The number of amides is 2. The fourth-order valence-electron chi connectivity index (χ4n) is 2.60. The summed E-state index contributed by atoms with van der Waals surface area (Å²) in [5.74, 6) is 3.41. The summed E-state index contributed by atoms with van der Waals surface area (Å²) in [7, 11) is 0. The number of nitrogens with one attached hydrogen (secondary N) is 2. The van der Waals surface area contributed by atoms with E-state index < -0.39 is 29.4 Å². The fraction of sp³-hybridized carbons (Fsp3) is 0.167. The molecule has 0 aliphatic heterocycles. The van der Waals surface area contributed by atoms with Gasteiger partial charge in [-0.05, 0) is 31.5 Å². The van der Waals surface area contributed by atoms with E-state index in [1.807, 2.05) is 5.43 Å². The number of allylic oxidation sites excluding steroid dienone is 3. The number of anilines is 1. The molecule has 1 aromatic heterocycles. The first-order valence-electron chi connectivity index (χ1n) is 8.21. The van der Waals surface area contributed by atoms with Crippen LogP contribution in [0.3, 0.4) is 0 Å². The highest BCUT2D eigenvalue weighted by Crippen LogP contribution is 2.32. The van der Waals surface area contributed by atoms with Crippen LogP contribution in [0, 0.1) is 6.92 Å². The van der Waals surface area contributed by atoms with Crippen molar-refractivity contribution in [3.05, 3.63) is 63.4 Å². The van der Waals surface area contributed by atoms with Crippen LogP contribution < -0.4 is 16.6 Å². The predicted molar refractivity (Wildman–Crippen MR) is 108 cm³/mol. The lowest BCUT2D eigenvalue weighted by Gasteiger charge is -2.15. The van der Waals surface area contributed by atoms with E-state index in [0.29, 0.717) is 11.6 Å². The van der Waals surface area contributed by atoms with E-state index in [9.17, 15) is 22.8 Å². The monoisotopic (exact) mass is 461 g/mol. The van der Waals surface area contributed by atoms with Gasteiger partial charge in [-0.1, -0.05) is 35.9 Å². The van der Waals surface area contributed by atoms with Gasteiger partial charge in [0.2, 0.25) is 0 Å². The number of aryl methyl sites for hydroxylation is 1. The van der Waals surface area contributed by atoms with Crippen molar-refractivity contribution in [2.45, 2.75) is 20.0 Å². The van der Waals surface area contributed by atoms with E-state index in [0.717, 1.165) is 4.68 Å². The quantitative estimate of drug-likeness (QED) is 0.266. The summed E-state index contributed by atoms with van der Waals surface area (Å²) in [6.07, 6.45) is -3.46. The Morgan fingerprint density at radius 1 is 1.27 bits per heavy atom. The van der Waals surface area contributed by atoms with Gasteiger partial charge in [-0.3, -0.25) is 15.0 Å². The molecule has 0 aliphatic carbocycles. The van der Waals surface area contributed by atoms with Crippen molar-refractivity contribution < 1.29 is 22.8 Å². The summed E-state index contributed by atoms with van der Waals surface area (Å²) in [5, 5.41) is 5.93. The topological polar surface area (TPSA) is 102 Å². The average Bonchev–Trinajstić information content (AvgIpc) is 3.08. The summed E-state index contributed by atoms with van der Waals surface area (Å²) in [4.78, 5) is 24.9. The van der Waals surface area contributed by atoms with Gasteiger partial charge >= 0.3 is 6.18 Å². The van der Waals surface area contributed by atoms with E-state index >= 15 is 0 Å². The Balaban J connectivity index is 2.61. The highest BCUT2D eigenvalue weighted by Gasteiger charge is 2.36. The second kappa shape index (κ2) is 8.90. The molecule has 2 rings (SSSR count). The van der Waals surface area contributed by atoms with Crippen molar-refractivity contribution in [1.29, 1.82) is 0 Å². The maximum absolute atomic E-state index is 13.2. The molecule has 0 unspecified atom stereocenters. The molecule has 12 heteroatoms. The third kappa shape index (κ3) is 4.84. The number of benzene rings is 1. The number of hydrogen-bond donors (Lipinski definition) is 3. The molecule has 0 aliphatic rings. The molecule has 1 heterocycles. The lowest BCUT2D eigenvalue weighted by atomic mass is 10.1. The van der Waals surface area contributed by atoms with Crippen molar-refractivity contribution in [1.82, 2.24) is 15.2 Å². The van der Waals surface area contributed by atoms with Crippen molar-refractivity contribution in [2.24, 2.45) is 5.84 Å². The number of halogens is 5. The van der Waals surface area contributed by atoms with E-state index in [2.05, 4.69) is 17.0 Å². The number of hydrogen-bond acceptors (Lipinski definition) is 4. The van der Waals surface area contributed by atoms with Crippen LogP contribution in [-0.4, -0.2) is 21.6 Å². The second-order valence-corrected chi connectivity index (χ2v) is 6.87. The van der Waals surface area contributed by atoms with Crippen molar-refractivity contribution in [3.8, 4) is 0 Å². The van der Waals surface area contributed by atoms with Gasteiger partial charge in [0, 0.05) is 11.1 Å². The van der Waals surface area contributed by atoms with Crippen LogP contribution in [0.15, 0.2) is 35.9 Å². The summed E-state index contributed by atoms with van der Waals surface area (Å²) in [6.45, 7) is 6.51. The smallest absolute Gasteiger partial charge is 0.320 e. The van der Waals surface area contributed by atoms with E-state index in [4.69, 9.17) is 29.0 Å². The number of nitrogen functional groups attached to an aromatic ring is 1. The Morgan fingerprint density at radius 2 is 1.90 bits per heavy atom. The van der Waals surface area contributed by atoms with Crippen LogP contribution in [0.4, 0.5) is 18.9 Å². The Kier molecular flexibility index (Phi) is 6.96. The number of alkyl halides is 3. The summed E-state index contributed by atoms with van der Waals surface area (Å²) in [5.41, 5.74) is 0.417. The first kappa shape index (κ1) is 23.5. The SMILES string of the molecule is C=C(Cl)/C(=C\C)n1nc(C(F)(F)F)cc1C(=O)Nc1c(C)cc(Cl)cc1C(=O)NN. The molecular formula is C18H16Cl2F3N5O2. The normalized spacial score (nSPS) is 11.9. The molecule has 0 spiro atoms. The van der Waals surface area contributed by atoms with Crippen molar-refractivity contribution >= 4 is 46.4 Å². The molecule has 0 saturated heterocycles. The average molecular weight is 462 g/mol. The second-order valence-electron chi connectivity index (χ2n) is 5.98. The molecule has 30 heavy (non-hydrogen) atoms.